The van der Waals surface area contributed by atoms with Gasteiger partial charge in [0.15, 0.2) is 5.65 Å². The highest BCUT2D eigenvalue weighted by atomic mass is 32.2. The number of nitrogens with two attached hydrogens (primary N) is 1. The predicted molar refractivity (Wildman–Crippen MR) is 132 cm³/mol. The van der Waals surface area contributed by atoms with Gasteiger partial charge in [0.1, 0.15) is 11.3 Å². The van der Waals surface area contributed by atoms with Crippen molar-refractivity contribution >= 4 is 27.0 Å². The average molecular weight is 461 g/mol. The molecule has 1 fully saturated rings. The SMILES string of the molecule is CC.CC(C)CS(=O)(=O)N1CCCCC1.Cn1ccc2ncc(-c3cccnc3N)nc21. The molecule has 32 heavy (non-hydrogen) atoms. The van der Waals surface area contributed by atoms with Crippen LogP contribution in [0.3, 0.4) is 0 Å². The van der Waals surface area contributed by atoms with Crippen molar-refractivity contribution < 1.29 is 8.42 Å². The number of nitrogens with zero attached hydrogens (tertiary/aromatic N) is 5. The largest absolute Gasteiger partial charge is 0.383 e. The Bertz CT molecular complexity index is 1090. The lowest BCUT2D eigenvalue weighted by atomic mass is 10.2. The van der Waals surface area contributed by atoms with Crippen LogP contribution in [0.5, 0.6) is 0 Å². The molecule has 0 bridgehead atoms. The van der Waals surface area contributed by atoms with Gasteiger partial charge in [-0.2, -0.15) is 0 Å². The minimum absolute atomic E-state index is 0.229. The van der Waals surface area contributed by atoms with Crippen LogP contribution in [0.1, 0.15) is 47.0 Å². The van der Waals surface area contributed by atoms with Crippen molar-refractivity contribution in [1.29, 1.82) is 0 Å². The molecule has 0 saturated carbocycles. The summed E-state index contributed by atoms with van der Waals surface area (Å²) in [5.74, 6) is 0.995. The molecule has 4 rings (SSSR count). The van der Waals surface area contributed by atoms with Gasteiger partial charge in [-0.25, -0.2) is 22.7 Å². The lowest BCUT2D eigenvalue weighted by molar-refractivity contribution is 0.344. The Hall–Kier alpha value is -2.52. The summed E-state index contributed by atoms with van der Waals surface area (Å²) in [7, 11) is -1.01. The monoisotopic (exact) mass is 460 g/mol. The van der Waals surface area contributed by atoms with Crippen LogP contribution in [0.15, 0.2) is 36.8 Å². The van der Waals surface area contributed by atoms with Crippen LogP contribution in [0.2, 0.25) is 0 Å². The van der Waals surface area contributed by atoms with E-state index in [0.717, 1.165) is 48.4 Å². The Labute approximate surface area is 191 Å². The summed E-state index contributed by atoms with van der Waals surface area (Å²) in [6, 6.07) is 5.66. The van der Waals surface area contributed by atoms with Crippen molar-refractivity contribution in [3.8, 4) is 11.3 Å². The van der Waals surface area contributed by atoms with E-state index in [1.165, 1.54) is 6.42 Å². The molecular formula is C23H36N6O2S. The Kier molecular flexibility index (Phi) is 9.59. The maximum Gasteiger partial charge on any atom is 0.214 e. The third-order valence-electron chi connectivity index (χ3n) is 4.94. The summed E-state index contributed by atoms with van der Waals surface area (Å²) in [6.07, 6.45) is 8.53. The molecule has 0 radical (unpaired) electrons. The highest BCUT2D eigenvalue weighted by molar-refractivity contribution is 7.89. The molecule has 9 heteroatoms. The van der Waals surface area contributed by atoms with E-state index in [1.54, 1.807) is 16.7 Å². The number of hydrogen-bond acceptors (Lipinski definition) is 6. The van der Waals surface area contributed by atoms with Crippen LogP contribution < -0.4 is 5.73 Å². The van der Waals surface area contributed by atoms with Crippen LogP contribution in [0, 0.1) is 5.92 Å². The van der Waals surface area contributed by atoms with Crippen LogP contribution in [-0.2, 0) is 17.1 Å². The number of sulfonamides is 1. The normalized spacial score (nSPS) is 14.4. The standard InChI is InChI=1S/C12H11N5.C9H19NO2S.C2H6/c1-17-6-4-9-12(17)16-10(7-15-9)8-3-2-5-14-11(8)13;1-9(2)8-13(11,12)10-6-4-3-5-7-10;1-2/h2-7H,1H3,(H2,13,14);9H,3-8H2,1-2H3;1-2H3. The molecule has 1 saturated heterocycles. The summed E-state index contributed by atoms with van der Waals surface area (Å²) >= 11 is 0. The number of piperidine rings is 1. The molecule has 0 spiro atoms. The average Bonchev–Trinajstić information content (AvgIpc) is 3.16. The zero-order valence-corrected chi connectivity index (χ0v) is 20.6. The molecule has 1 aliphatic rings. The van der Waals surface area contributed by atoms with Crippen LogP contribution in [0.25, 0.3) is 22.4 Å². The van der Waals surface area contributed by atoms with Gasteiger partial charge in [0.2, 0.25) is 10.0 Å². The van der Waals surface area contributed by atoms with Crippen LogP contribution in [-0.4, -0.2) is 51.1 Å². The molecule has 3 aromatic rings. The second-order valence-electron chi connectivity index (χ2n) is 7.96. The van der Waals surface area contributed by atoms with Gasteiger partial charge in [-0.15, -0.1) is 0 Å². The van der Waals surface area contributed by atoms with Gasteiger partial charge in [-0.05, 0) is 37.0 Å². The van der Waals surface area contributed by atoms with E-state index in [4.69, 9.17) is 5.73 Å². The smallest absolute Gasteiger partial charge is 0.214 e. The van der Waals surface area contributed by atoms with Gasteiger partial charge in [0.05, 0.1) is 17.6 Å². The summed E-state index contributed by atoms with van der Waals surface area (Å²) in [4.78, 5) is 12.9. The van der Waals surface area contributed by atoms with Crippen molar-refractivity contribution in [1.82, 2.24) is 23.8 Å². The Balaban J connectivity index is 0.000000218. The highest BCUT2D eigenvalue weighted by Gasteiger charge is 2.24. The molecule has 176 valence electrons. The molecule has 1 aliphatic heterocycles. The van der Waals surface area contributed by atoms with Gasteiger partial charge >= 0.3 is 0 Å². The molecule has 0 aliphatic carbocycles. The predicted octanol–water partition coefficient (Wildman–Crippen LogP) is 4.10. The molecule has 0 atom stereocenters. The van der Waals surface area contributed by atoms with Gasteiger partial charge in [0, 0.05) is 38.1 Å². The quantitative estimate of drug-likeness (QED) is 0.628. The number of aromatic nitrogens is 4. The minimum Gasteiger partial charge on any atom is -0.383 e. The van der Waals surface area contributed by atoms with E-state index < -0.39 is 10.0 Å². The molecule has 0 unspecified atom stereocenters. The Morgan fingerprint density at radius 2 is 1.78 bits per heavy atom. The van der Waals surface area contributed by atoms with Crippen molar-refractivity contribution in [2.24, 2.45) is 13.0 Å². The fraction of sp³-hybridized carbons (Fsp3) is 0.522. The summed E-state index contributed by atoms with van der Waals surface area (Å²) in [5, 5.41) is 0. The Morgan fingerprint density at radius 1 is 1.09 bits per heavy atom. The number of rotatable bonds is 4. The van der Waals surface area contributed by atoms with Crippen LogP contribution in [0.4, 0.5) is 5.82 Å². The van der Waals surface area contributed by atoms with Gasteiger partial charge in [-0.1, -0.05) is 34.1 Å². The first-order chi connectivity index (χ1) is 15.3. The van der Waals surface area contributed by atoms with Gasteiger partial charge in [-0.3, -0.25) is 4.98 Å². The fourth-order valence-corrected chi connectivity index (χ4v) is 5.32. The molecule has 0 aromatic carbocycles. The van der Waals surface area contributed by atoms with E-state index in [9.17, 15) is 8.42 Å². The number of pyridine rings is 1. The zero-order chi connectivity index (χ0) is 23.7. The maximum absolute atomic E-state index is 11.7. The third-order valence-corrected chi connectivity index (χ3v) is 7.18. The highest BCUT2D eigenvalue weighted by Crippen LogP contribution is 2.23. The lowest BCUT2D eigenvalue weighted by Crippen LogP contribution is -2.38. The van der Waals surface area contributed by atoms with Crippen molar-refractivity contribution in [2.75, 3.05) is 24.6 Å². The first-order valence-electron chi connectivity index (χ1n) is 11.2. The van der Waals surface area contributed by atoms with E-state index in [0.29, 0.717) is 11.6 Å². The molecule has 3 aromatic heterocycles. The number of anilines is 1. The second-order valence-corrected chi connectivity index (χ2v) is 9.97. The molecule has 4 heterocycles. The molecular weight excluding hydrogens is 424 g/mol. The van der Waals surface area contributed by atoms with Gasteiger partial charge < -0.3 is 10.3 Å². The topological polar surface area (TPSA) is 107 Å². The van der Waals surface area contributed by atoms with E-state index >= 15 is 0 Å². The lowest BCUT2D eigenvalue weighted by Gasteiger charge is -2.26. The van der Waals surface area contributed by atoms with Crippen LogP contribution >= 0.6 is 0 Å². The van der Waals surface area contributed by atoms with Crippen molar-refractivity contribution in [3.63, 3.8) is 0 Å². The summed E-state index contributed by atoms with van der Waals surface area (Å²) < 4.78 is 27.0. The van der Waals surface area contributed by atoms with E-state index in [-0.39, 0.29) is 5.92 Å². The summed E-state index contributed by atoms with van der Waals surface area (Å²) in [5.41, 5.74) is 9.09. The Morgan fingerprint density at radius 3 is 2.41 bits per heavy atom. The van der Waals surface area contributed by atoms with Gasteiger partial charge in [0.25, 0.3) is 0 Å². The molecule has 0 amide bonds. The molecule has 2 N–H and O–H groups in total. The number of hydrogen-bond donors (Lipinski definition) is 1. The van der Waals surface area contributed by atoms with Crippen molar-refractivity contribution in [3.05, 3.63) is 36.8 Å². The third kappa shape index (κ3) is 6.74. The molecule has 8 nitrogen and oxygen atoms in total. The number of fused-ring (bicyclic) bond motifs is 1. The van der Waals surface area contributed by atoms with E-state index in [2.05, 4.69) is 15.0 Å². The first kappa shape index (κ1) is 25.7. The summed E-state index contributed by atoms with van der Waals surface area (Å²) in [6.45, 7) is 9.35. The van der Waals surface area contributed by atoms with E-state index in [1.807, 2.05) is 63.7 Å². The number of nitrogen functional groups attached to an aromatic ring is 1. The maximum atomic E-state index is 11.7. The first-order valence-corrected chi connectivity index (χ1v) is 12.9. The number of aryl methyl sites for hydroxylation is 1. The fourth-order valence-electron chi connectivity index (χ4n) is 3.45. The zero-order valence-electron chi connectivity index (χ0n) is 19.8. The van der Waals surface area contributed by atoms with Crippen molar-refractivity contribution in [2.45, 2.75) is 47.0 Å². The second kappa shape index (κ2) is 11.9. The minimum atomic E-state index is -2.95.